The summed E-state index contributed by atoms with van der Waals surface area (Å²) < 4.78 is 13.0. The van der Waals surface area contributed by atoms with Crippen LogP contribution in [0.4, 0.5) is 0 Å². The summed E-state index contributed by atoms with van der Waals surface area (Å²) in [6.45, 7) is 5.58. The standard InChI is InChI=1S/C21H24ClN3O3/c1-3-27-18-7-5-15(11-19(18)28-4-2)9-10-23-21(26)12-17-14-25-13-16(22)6-8-20(25)24-17/h5-8,11,13-14H,3-4,9-10,12H2,1-2H3,(H,23,26). The minimum atomic E-state index is -0.0644. The maximum atomic E-state index is 12.2. The Balaban J connectivity index is 1.53. The molecule has 7 heteroatoms. The van der Waals surface area contributed by atoms with Crippen LogP contribution in [0, 0.1) is 0 Å². The Labute approximate surface area is 169 Å². The first-order valence-corrected chi connectivity index (χ1v) is 9.75. The highest BCUT2D eigenvalue weighted by molar-refractivity contribution is 6.30. The Morgan fingerprint density at radius 3 is 2.68 bits per heavy atom. The number of imidazole rings is 1. The van der Waals surface area contributed by atoms with Gasteiger partial charge in [0, 0.05) is 18.9 Å². The van der Waals surface area contributed by atoms with E-state index in [0.717, 1.165) is 22.7 Å². The predicted octanol–water partition coefficient (Wildman–Crippen LogP) is 3.69. The molecule has 0 aliphatic heterocycles. The van der Waals surface area contributed by atoms with Crippen LogP contribution in [0.2, 0.25) is 5.02 Å². The lowest BCUT2D eigenvalue weighted by Gasteiger charge is -2.12. The van der Waals surface area contributed by atoms with E-state index in [2.05, 4.69) is 10.3 Å². The molecule has 2 aromatic heterocycles. The second-order valence-electron chi connectivity index (χ2n) is 6.27. The minimum Gasteiger partial charge on any atom is -0.490 e. The van der Waals surface area contributed by atoms with Crippen LogP contribution in [0.25, 0.3) is 5.65 Å². The molecule has 0 aliphatic carbocycles. The van der Waals surface area contributed by atoms with E-state index >= 15 is 0 Å². The fourth-order valence-electron chi connectivity index (χ4n) is 2.93. The lowest BCUT2D eigenvalue weighted by Crippen LogP contribution is -2.27. The molecule has 6 nitrogen and oxygen atoms in total. The van der Waals surface area contributed by atoms with Crippen molar-refractivity contribution in [3.8, 4) is 11.5 Å². The SMILES string of the molecule is CCOc1ccc(CCNC(=O)Cc2cn3cc(Cl)ccc3n2)cc1OCC. The number of nitrogens with one attached hydrogen (secondary N) is 1. The van der Waals surface area contributed by atoms with E-state index in [1.165, 1.54) is 0 Å². The number of benzene rings is 1. The monoisotopic (exact) mass is 401 g/mol. The third kappa shape index (κ3) is 5.16. The van der Waals surface area contributed by atoms with Gasteiger partial charge >= 0.3 is 0 Å². The maximum absolute atomic E-state index is 12.2. The van der Waals surface area contributed by atoms with Gasteiger partial charge in [-0.15, -0.1) is 0 Å². The van der Waals surface area contributed by atoms with Gasteiger partial charge in [-0.25, -0.2) is 4.98 Å². The quantitative estimate of drug-likeness (QED) is 0.594. The minimum absolute atomic E-state index is 0.0644. The highest BCUT2D eigenvalue weighted by Crippen LogP contribution is 2.28. The third-order valence-corrected chi connectivity index (χ3v) is 4.37. The van der Waals surface area contributed by atoms with Crippen LogP contribution in [-0.4, -0.2) is 35.1 Å². The summed E-state index contributed by atoms with van der Waals surface area (Å²) in [7, 11) is 0. The maximum Gasteiger partial charge on any atom is 0.226 e. The van der Waals surface area contributed by atoms with Gasteiger partial charge in [0.2, 0.25) is 5.91 Å². The largest absolute Gasteiger partial charge is 0.490 e. The number of hydrogen-bond acceptors (Lipinski definition) is 4. The number of amides is 1. The van der Waals surface area contributed by atoms with Crippen molar-refractivity contribution in [3.63, 3.8) is 0 Å². The first-order chi connectivity index (χ1) is 13.6. The van der Waals surface area contributed by atoms with Gasteiger partial charge in [0.1, 0.15) is 5.65 Å². The highest BCUT2D eigenvalue weighted by atomic mass is 35.5. The summed E-state index contributed by atoms with van der Waals surface area (Å²) in [5, 5.41) is 3.57. The molecule has 2 heterocycles. The van der Waals surface area contributed by atoms with E-state index in [9.17, 15) is 4.79 Å². The number of hydrogen-bond donors (Lipinski definition) is 1. The van der Waals surface area contributed by atoms with Gasteiger partial charge in [-0.2, -0.15) is 0 Å². The van der Waals surface area contributed by atoms with E-state index in [4.69, 9.17) is 21.1 Å². The molecule has 0 aliphatic rings. The van der Waals surface area contributed by atoms with E-state index < -0.39 is 0 Å². The number of carbonyl (C=O) groups is 1. The highest BCUT2D eigenvalue weighted by Gasteiger charge is 2.09. The molecule has 0 bridgehead atoms. The Morgan fingerprint density at radius 2 is 1.89 bits per heavy atom. The third-order valence-electron chi connectivity index (χ3n) is 4.15. The Kier molecular flexibility index (Phi) is 6.76. The van der Waals surface area contributed by atoms with E-state index in [1.54, 1.807) is 12.3 Å². The van der Waals surface area contributed by atoms with Crippen molar-refractivity contribution in [1.29, 1.82) is 0 Å². The van der Waals surface area contributed by atoms with Gasteiger partial charge in [0.05, 0.1) is 30.4 Å². The fraction of sp³-hybridized carbons (Fsp3) is 0.333. The zero-order valence-corrected chi connectivity index (χ0v) is 16.8. The summed E-state index contributed by atoms with van der Waals surface area (Å²) in [6, 6.07) is 9.47. The van der Waals surface area contributed by atoms with Crippen molar-refractivity contribution in [3.05, 3.63) is 59.0 Å². The predicted molar refractivity (Wildman–Crippen MR) is 109 cm³/mol. The van der Waals surface area contributed by atoms with Gasteiger partial charge < -0.3 is 19.2 Å². The molecule has 1 N–H and O–H groups in total. The summed E-state index contributed by atoms with van der Waals surface area (Å²) in [4.78, 5) is 16.7. The first-order valence-electron chi connectivity index (χ1n) is 9.37. The van der Waals surface area contributed by atoms with E-state index in [1.807, 2.05) is 48.7 Å². The number of halogens is 1. The number of aromatic nitrogens is 2. The molecular formula is C21H24ClN3O3. The summed E-state index contributed by atoms with van der Waals surface area (Å²) in [6.07, 6.45) is 4.53. The molecule has 0 fully saturated rings. The van der Waals surface area contributed by atoms with Crippen molar-refractivity contribution in [1.82, 2.24) is 14.7 Å². The van der Waals surface area contributed by atoms with Crippen LogP contribution in [0.15, 0.2) is 42.7 Å². The first kappa shape index (κ1) is 20.0. The number of rotatable bonds is 9. The van der Waals surface area contributed by atoms with Crippen molar-refractivity contribution in [2.75, 3.05) is 19.8 Å². The van der Waals surface area contributed by atoms with Gasteiger partial charge in [0.25, 0.3) is 0 Å². The Bertz CT molecular complexity index is 955. The fourth-order valence-corrected chi connectivity index (χ4v) is 3.09. The summed E-state index contributed by atoms with van der Waals surface area (Å²) in [5.74, 6) is 1.41. The Morgan fingerprint density at radius 1 is 1.11 bits per heavy atom. The molecule has 28 heavy (non-hydrogen) atoms. The Hall–Kier alpha value is -2.73. The molecule has 0 saturated carbocycles. The smallest absolute Gasteiger partial charge is 0.226 e. The average Bonchev–Trinajstić information content (AvgIpc) is 3.05. The van der Waals surface area contributed by atoms with Crippen LogP contribution in [-0.2, 0) is 17.6 Å². The topological polar surface area (TPSA) is 64.9 Å². The van der Waals surface area contributed by atoms with Crippen molar-refractivity contribution in [2.24, 2.45) is 0 Å². The van der Waals surface area contributed by atoms with Crippen molar-refractivity contribution < 1.29 is 14.3 Å². The number of pyridine rings is 1. The van der Waals surface area contributed by atoms with Crippen molar-refractivity contribution in [2.45, 2.75) is 26.7 Å². The van der Waals surface area contributed by atoms with Gasteiger partial charge in [-0.05, 0) is 50.1 Å². The molecule has 0 atom stereocenters. The van der Waals surface area contributed by atoms with E-state index in [0.29, 0.717) is 36.9 Å². The van der Waals surface area contributed by atoms with Gasteiger partial charge in [-0.3, -0.25) is 4.79 Å². The molecule has 0 unspecified atom stereocenters. The molecule has 0 radical (unpaired) electrons. The zero-order chi connectivity index (χ0) is 19.9. The van der Waals surface area contributed by atoms with Crippen LogP contribution in [0.5, 0.6) is 11.5 Å². The second-order valence-corrected chi connectivity index (χ2v) is 6.71. The molecule has 3 aromatic rings. The lowest BCUT2D eigenvalue weighted by atomic mass is 10.1. The number of fused-ring (bicyclic) bond motifs is 1. The van der Waals surface area contributed by atoms with Gasteiger partial charge in [-0.1, -0.05) is 17.7 Å². The molecule has 1 amide bonds. The molecular weight excluding hydrogens is 378 g/mol. The molecule has 1 aromatic carbocycles. The van der Waals surface area contributed by atoms with Crippen LogP contribution in [0.3, 0.4) is 0 Å². The zero-order valence-electron chi connectivity index (χ0n) is 16.1. The van der Waals surface area contributed by atoms with Crippen molar-refractivity contribution >= 4 is 23.2 Å². The van der Waals surface area contributed by atoms with Gasteiger partial charge in [0.15, 0.2) is 11.5 Å². The number of nitrogens with zero attached hydrogens (tertiary/aromatic N) is 2. The molecule has 148 valence electrons. The van der Waals surface area contributed by atoms with Crippen LogP contribution < -0.4 is 14.8 Å². The molecule has 0 spiro atoms. The average molecular weight is 402 g/mol. The normalized spacial score (nSPS) is 10.8. The summed E-state index contributed by atoms with van der Waals surface area (Å²) >= 11 is 5.97. The van der Waals surface area contributed by atoms with E-state index in [-0.39, 0.29) is 12.3 Å². The van der Waals surface area contributed by atoms with Crippen LogP contribution >= 0.6 is 11.6 Å². The number of carbonyl (C=O) groups excluding carboxylic acids is 1. The second kappa shape index (κ2) is 9.46. The summed E-state index contributed by atoms with van der Waals surface area (Å²) in [5.41, 5.74) is 2.55. The number of ether oxygens (including phenoxy) is 2. The van der Waals surface area contributed by atoms with Crippen LogP contribution in [0.1, 0.15) is 25.1 Å². The molecule has 3 rings (SSSR count). The molecule has 0 saturated heterocycles. The lowest BCUT2D eigenvalue weighted by molar-refractivity contribution is -0.120.